The number of hydrogen-bond acceptors (Lipinski definition) is 4. The summed E-state index contributed by atoms with van der Waals surface area (Å²) >= 11 is 1.56. The van der Waals surface area contributed by atoms with Crippen molar-refractivity contribution in [3.63, 3.8) is 0 Å². The van der Waals surface area contributed by atoms with Gasteiger partial charge in [-0.15, -0.1) is 0 Å². The molecule has 94 valence electrons. The van der Waals surface area contributed by atoms with Crippen molar-refractivity contribution in [2.45, 2.75) is 36.4 Å². The van der Waals surface area contributed by atoms with Crippen molar-refractivity contribution >= 4 is 11.8 Å². The maximum Gasteiger partial charge on any atom is 0.192 e. The highest BCUT2D eigenvalue weighted by Gasteiger charge is 2.10. The van der Waals surface area contributed by atoms with Gasteiger partial charge in [0.05, 0.1) is 0 Å². The van der Waals surface area contributed by atoms with Crippen LogP contribution in [-0.2, 0) is 0 Å². The molecule has 4 heteroatoms. The second kappa shape index (κ2) is 5.98. The van der Waals surface area contributed by atoms with E-state index in [-0.39, 0.29) is 6.04 Å². The van der Waals surface area contributed by atoms with Crippen LogP contribution in [0.2, 0.25) is 0 Å². The SMILES string of the molecule is CC[C@@H](N)c1ccccc1Sc1ncc(C)cn1. The minimum absolute atomic E-state index is 0.0687. The summed E-state index contributed by atoms with van der Waals surface area (Å²) in [6.45, 7) is 4.07. The zero-order valence-electron chi connectivity index (χ0n) is 10.6. The monoisotopic (exact) mass is 259 g/mol. The highest BCUT2D eigenvalue weighted by Crippen LogP contribution is 2.31. The lowest BCUT2D eigenvalue weighted by Gasteiger charge is -2.13. The predicted octanol–water partition coefficient (Wildman–Crippen LogP) is 3.35. The van der Waals surface area contributed by atoms with Gasteiger partial charge in [-0.25, -0.2) is 9.97 Å². The fraction of sp³-hybridized carbons (Fsp3) is 0.286. The van der Waals surface area contributed by atoms with Gasteiger partial charge in [-0.05, 0) is 42.3 Å². The first-order valence-corrected chi connectivity index (χ1v) is 6.83. The van der Waals surface area contributed by atoms with Gasteiger partial charge in [-0.2, -0.15) is 0 Å². The average molecular weight is 259 g/mol. The molecule has 18 heavy (non-hydrogen) atoms. The Morgan fingerprint density at radius 3 is 2.56 bits per heavy atom. The van der Waals surface area contributed by atoms with Crippen LogP contribution in [0.4, 0.5) is 0 Å². The normalized spacial score (nSPS) is 12.4. The number of benzene rings is 1. The Morgan fingerprint density at radius 2 is 1.89 bits per heavy atom. The van der Waals surface area contributed by atoms with Crippen molar-refractivity contribution < 1.29 is 0 Å². The summed E-state index contributed by atoms with van der Waals surface area (Å²) in [5, 5.41) is 0.761. The van der Waals surface area contributed by atoms with Gasteiger partial charge < -0.3 is 5.73 Å². The molecule has 0 unspecified atom stereocenters. The summed E-state index contributed by atoms with van der Waals surface area (Å²) in [7, 11) is 0. The lowest BCUT2D eigenvalue weighted by Crippen LogP contribution is -2.09. The van der Waals surface area contributed by atoms with Crippen molar-refractivity contribution in [3.05, 3.63) is 47.8 Å². The second-order valence-electron chi connectivity index (χ2n) is 4.20. The number of nitrogens with two attached hydrogens (primary N) is 1. The van der Waals surface area contributed by atoms with Gasteiger partial charge >= 0.3 is 0 Å². The van der Waals surface area contributed by atoms with Crippen LogP contribution in [-0.4, -0.2) is 9.97 Å². The van der Waals surface area contributed by atoms with Crippen LogP contribution in [0.15, 0.2) is 46.7 Å². The fourth-order valence-corrected chi connectivity index (χ4v) is 2.52. The van der Waals surface area contributed by atoms with Crippen molar-refractivity contribution in [3.8, 4) is 0 Å². The van der Waals surface area contributed by atoms with Crippen LogP contribution >= 0.6 is 11.8 Å². The van der Waals surface area contributed by atoms with E-state index in [2.05, 4.69) is 29.0 Å². The minimum Gasteiger partial charge on any atom is -0.324 e. The lowest BCUT2D eigenvalue weighted by molar-refractivity contribution is 0.685. The summed E-state index contributed by atoms with van der Waals surface area (Å²) in [5.41, 5.74) is 8.35. The first-order chi connectivity index (χ1) is 8.70. The summed E-state index contributed by atoms with van der Waals surface area (Å²) in [6, 6.07) is 8.25. The van der Waals surface area contributed by atoms with E-state index in [0.29, 0.717) is 0 Å². The number of nitrogens with zero attached hydrogens (tertiary/aromatic N) is 2. The average Bonchev–Trinajstić information content (AvgIpc) is 2.41. The standard InChI is InChI=1S/C14H17N3S/c1-3-12(15)11-6-4-5-7-13(11)18-14-16-8-10(2)9-17-14/h4-9,12H,3,15H2,1-2H3/t12-/m1/s1. The third kappa shape index (κ3) is 3.09. The van der Waals surface area contributed by atoms with Crippen molar-refractivity contribution in [2.24, 2.45) is 5.73 Å². The third-order valence-electron chi connectivity index (χ3n) is 2.72. The molecule has 2 rings (SSSR count). The molecule has 1 atom stereocenters. The molecule has 0 saturated carbocycles. The number of aryl methyl sites for hydroxylation is 1. The van der Waals surface area contributed by atoms with Gasteiger partial charge in [-0.3, -0.25) is 0 Å². The second-order valence-corrected chi connectivity index (χ2v) is 5.21. The topological polar surface area (TPSA) is 51.8 Å². The van der Waals surface area contributed by atoms with Gasteiger partial charge in [0.15, 0.2) is 5.16 Å². The smallest absolute Gasteiger partial charge is 0.192 e. The van der Waals surface area contributed by atoms with Crippen LogP contribution in [0.5, 0.6) is 0 Å². The Morgan fingerprint density at radius 1 is 1.22 bits per heavy atom. The van der Waals surface area contributed by atoms with E-state index in [9.17, 15) is 0 Å². The van der Waals surface area contributed by atoms with Crippen molar-refractivity contribution in [1.29, 1.82) is 0 Å². The van der Waals surface area contributed by atoms with Crippen LogP contribution in [0.3, 0.4) is 0 Å². The fourth-order valence-electron chi connectivity index (χ4n) is 1.63. The van der Waals surface area contributed by atoms with Crippen LogP contribution in [0.25, 0.3) is 0 Å². The van der Waals surface area contributed by atoms with Gasteiger partial charge in [0.25, 0.3) is 0 Å². The molecule has 3 nitrogen and oxygen atoms in total. The van der Waals surface area contributed by atoms with E-state index in [1.54, 1.807) is 11.8 Å². The zero-order valence-corrected chi connectivity index (χ0v) is 11.4. The zero-order chi connectivity index (χ0) is 13.0. The molecule has 0 radical (unpaired) electrons. The van der Waals surface area contributed by atoms with Crippen LogP contribution < -0.4 is 5.73 Å². The summed E-state index contributed by atoms with van der Waals surface area (Å²) in [4.78, 5) is 9.76. The summed E-state index contributed by atoms with van der Waals surface area (Å²) in [5.74, 6) is 0. The predicted molar refractivity (Wildman–Crippen MR) is 74.6 cm³/mol. The van der Waals surface area contributed by atoms with Gasteiger partial charge in [0, 0.05) is 23.3 Å². The number of hydrogen-bond donors (Lipinski definition) is 1. The molecule has 1 aromatic heterocycles. The molecule has 0 amide bonds. The molecular weight excluding hydrogens is 242 g/mol. The van der Waals surface area contributed by atoms with Crippen LogP contribution in [0.1, 0.15) is 30.5 Å². The molecule has 2 N–H and O–H groups in total. The van der Waals surface area contributed by atoms with Crippen molar-refractivity contribution in [2.75, 3.05) is 0 Å². The van der Waals surface area contributed by atoms with E-state index < -0.39 is 0 Å². The third-order valence-corrected chi connectivity index (χ3v) is 3.70. The van der Waals surface area contributed by atoms with E-state index in [1.165, 1.54) is 0 Å². The Bertz CT molecular complexity index is 511. The molecule has 0 fully saturated rings. The molecule has 1 heterocycles. The molecule has 0 bridgehead atoms. The van der Waals surface area contributed by atoms with E-state index >= 15 is 0 Å². The quantitative estimate of drug-likeness (QED) is 0.856. The molecule has 2 aromatic rings. The van der Waals surface area contributed by atoms with Gasteiger partial charge in [0.1, 0.15) is 0 Å². The first-order valence-electron chi connectivity index (χ1n) is 6.01. The number of rotatable bonds is 4. The molecule has 0 spiro atoms. The molecule has 0 aliphatic heterocycles. The van der Waals surface area contributed by atoms with Gasteiger partial charge in [-0.1, -0.05) is 25.1 Å². The van der Waals surface area contributed by atoms with E-state index in [0.717, 1.165) is 27.6 Å². The van der Waals surface area contributed by atoms with Crippen LogP contribution in [0, 0.1) is 6.92 Å². The molecule has 1 aromatic carbocycles. The molecule has 0 aliphatic rings. The van der Waals surface area contributed by atoms with E-state index in [4.69, 9.17) is 5.73 Å². The largest absolute Gasteiger partial charge is 0.324 e. The highest BCUT2D eigenvalue weighted by atomic mass is 32.2. The van der Waals surface area contributed by atoms with E-state index in [1.807, 2.05) is 31.5 Å². The Kier molecular flexibility index (Phi) is 4.33. The molecular formula is C14H17N3S. The molecule has 0 saturated heterocycles. The Hall–Kier alpha value is -1.39. The maximum absolute atomic E-state index is 6.12. The first kappa shape index (κ1) is 13.1. The maximum atomic E-state index is 6.12. The Balaban J connectivity index is 2.26. The summed E-state index contributed by atoms with van der Waals surface area (Å²) < 4.78 is 0. The highest BCUT2D eigenvalue weighted by molar-refractivity contribution is 7.99. The minimum atomic E-state index is 0.0687. The lowest BCUT2D eigenvalue weighted by atomic mass is 10.1. The molecule has 0 aliphatic carbocycles. The number of aromatic nitrogens is 2. The van der Waals surface area contributed by atoms with Crippen molar-refractivity contribution in [1.82, 2.24) is 9.97 Å². The summed E-state index contributed by atoms with van der Waals surface area (Å²) in [6.07, 6.45) is 4.59. The Labute approximate surface area is 112 Å². The van der Waals surface area contributed by atoms with Gasteiger partial charge in [0.2, 0.25) is 0 Å².